The van der Waals surface area contributed by atoms with E-state index in [0.29, 0.717) is 18.6 Å². The van der Waals surface area contributed by atoms with E-state index in [-0.39, 0.29) is 11.8 Å². The van der Waals surface area contributed by atoms with Crippen molar-refractivity contribution in [2.45, 2.75) is 71.6 Å². The van der Waals surface area contributed by atoms with Crippen LogP contribution in [0.1, 0.15) is 47.5 Å². The minimum atomic E-state index is -1.17. The summed E-state index contributed by atoms with van der Waals surface area (Å²) in [5.41, 5.74) is 5.87. The predicted molar refractivity (Wildman–Crippen MR) is 114 cm³/mol. The van der Waals surface area contributed by atoms with Crippen molar-refractivity contribution in [3.05, 3.63) is 0 Å². The normalized spacial score (nSPS) is 16.3. The van der Waals surface area contributed by atoms with Crippen LogP contribution in [-0.2, 0) is 19.2 Å². The molecular formula is C19H36N4O5S. The monoisotopic (exact) mass is 432 g/mol. The molecule has 0 rings (SSSR count). The van der Waals surface area contributed by atoms with Gasteiger partial charge in [0.25, 0.3) is 0 Å². The number of carbonyl (C=O) groups is 4. The van der Waals surface area contributed by atoms with Crippen LogP contribution in [0.2, 0.25) is 0 Å². The second-order valence-corrected chi connectivity index (χ2v) is 8.54. The van der Waals surface area contributed by atoms with E-state index in [1.165, 1.54) is 18.7 Å². The fraction of sp³-hybridized carbons (Fsp3) is 0.789. The molecule has 0 aliphatic carbocycles. The largest absolute Gasteiger partial charge is 0.480 e. The highest BCUT2D eigenvalue weighted by atomic mass is 32.2. The fourth-order valence-corrected chi connectivity index (χ4v) is 2.87. The third-order valence-corrected chi connectivity index (χ3v) is 5.43. The molecule has 0 fully saturated rings. The Morgan fingerprint density at radius 1 is 0.966 bits per heavy atom. The van der Waals surface area contributed by atoms with Crippen LogP contribution in [-0.4, -0.2) is 65.0 Å². The van der Waals surface area contributed by atoms with Crippen molar-refractivity contribution in [1.29, 1.82) is 0 Å². The van der Waals surface area contributed by atoms with E-state index in [1.54, 1.807) is 6.92 Å². The molecule has 6 N–H and O–H groups in total. The van der Waals surface area contributed by atoms with Crippen molar-refractivity contribution in [2.75, 3.05) is 12.0 Å². The molecule has 5 atom stereocenters. The Morgan fingerprint density at radius 2 is 1.55 bits per heavy atom. The summed E-state index contributed by atoms with van der Waals surface area (Å²) in [7, 11) is 0. The van der Waals surface area contributed by atoms with Gasteiger partial charge in [-0.1, -0.05) is 34.1 Å². The Hall–Kier alpha value is -1.81. The highest BCUT2D eigenvalue weighted by molar-refractivity contribution is 7.98. The summed E-state index contributed by atoms with van der Waals surface area (Å²) in [6, 6.07) is -3.58. The highest BCUT2D eigenvalue weighted by Gasteiger charge is 2.32. The average Bonchev–Trinajstić information content (AvgIpc) is 2.66. The molecule has 0 saturated carbocycles. The lowest BCUT2D eigenvalue weighted by molar-refractivity contribution is -0.142. The molecule has 0 aliphatic rings. The Labute approximate surface area is 177 Å². The third kappa shape index (κ3) is 9.49. The van der Waals surface area contributed by atoms with E-state index in [4.69, 9.17) is 10.8 Å². The highest BCUT2D eigenvalue weighted by Crippen LogP contribution is 2.10. The summed E-state index contributed by atoms with van der Waals surface area (Å²) in [5.74, 6) is -2.34. The van der Waals surface area contributed by atoms with Gasteiger partial charge in [0.05, 0.1) is 6.04 Å². The Balaban J connectivity index is 5.36. The number of rotatable bonds is 13. The summed E-state index contributed by atoms with van der Waals surface area (Å²) >= 11 is 1.53. The summed E-state index contributed by atoms with van der Waals surface area (Å²) in [6.45, 7) is 8.64. The van der Waals surface area contributed by atoms with Gasteiger partial charge in [-0.05, 0) is 37.2 Å². The van der Waals surface area contributed by atoms with Crippen LogP contribution >= 0.6 is 11.8 Å². The first-order valence-electron chi connectivity index (χ1n) is 9.84. The summed E-state index contributed by atoms with van der Waals surface area (Å²) in [5, 5.41) is 16.8. The molecule has 0 aromatic heterocycles. The van der Waals surface area contributed by atoms with E-state index >= 15 is 0 Å². The number of hydrogen-bond donors (Lipinski definition) is 5. The Kier molecular flexibility index (Phi) is 12.6. The van der Waals surface area contributed by atoms with Crippen LogP contribution in [0.25, 0.3) is 0 Å². The van der Waals surface area contributed by atoms with Crippen molar-refractivity contribution < 1.29 is 24.3 Å². The van der Waals surface area contributed by atoms with E-state index in [2.05, 4.69) is 16.0 Å². The van der Waals surface area contributed by atoms with Gasteiger partial charge in [-0.25, -0.2) is 0 Å². The molecule has 0 aliphatic heterocycles. The van der Waals surface area contributed by atoms with Gasteiger partial charge < -0.3 is 26.8 Å². The van der Waals surface area contributed by atoms with Crippen LogP contribution in [0, 0.1) is 11.8 Å². The molecule has 3 amide bonds. The van der Waals surface area contributed by atoms with Gasteiger partial charge in [0, 0.05) is 0 Å². The van der Waals surface area contributed by atoms with Crippen molar-refractivity contribution in [3.63, 3.8) is 0 Å². The van der Waals surface area contributed by atoms with Gasteiger partial charge in [-0.2, -0.15) is 11.8 Å². The standard InChI is InChI=1S/C19H36N4O5S/c1-7-11(4)15(18(26)21-12(5)19(27)28)23-16(24)13(8-9-29-6)22-17(25)14(20)10(2)3/h10-15H,7-9,20H2,1-6H3,(H,21,26)(H,22,25)(H,23,24)(H,27,28). The summed E-state index contributed by atoms with van der Waals surface area (Å²) in [4.78, 5) is 48.8. The molecule has 0 heterocycles. The first-order valence-corrected chi connectivity index (χ1v) is 11.2. The third-order valence-electron chi connectivity index (χ3n) is 4.79. The molecule has 29 heavy (non-hydrogen) atoms. The molecule has 0 saturated heterocycles. The van der Waals surface area contributed by atoms with Crippen LogP contribution in [0.15, 0.2) is 0 Å². The van der Waals surface area contributed by atoms with E-state index in [1.807, 2.05) is 27.0 Å². The molecule has 0 aromatic rings. The van der Waals surface area contributed by atoms with Crippen molar-refractivity contribution >= 4 is 35.5 Å². The number of carbonyl (C=O) groups excluding carboxylic acids is 3. The number of carboxylic acids is 1. The molecule has 0 radical (unpaired) electrons. The fourth-order valence-electron chi connectivity index (χ4n) is 2.40. The first-order chi connectivity index (χ1) is 13.5. The molecule has 0 aromatic carbocycles. The van der Waals surface area contributed by atoms with E-state index in [0.717, 1.165) is 0 Å². The van der Waals surface area contributed by atoms with E-state index in [9.17, 15) is 19.2 Å². The molecule has 9 nitrogen and oxygen atoms in total. The molecule has 168 valence electrons. The average molecular weight is 433 g/mol. The maximum absolute atomic E-state index is 12.9. The van der Waals surface area contributed by atoms with Gasteiger partial charge >= 0.3 is 5.97 Å². The molecular weight excluding hydrogens is 396 g/mol. The molecule has 0 bridgehead atoms. The first kappa shape index (κ1) is 27.2. The number of nitrogens with one attached hydrogen (secondary N) is 3. The van der Waals surface area contributed by atoms with Gasteiger partial charge in [-0.15, -0.1) is 0 Å². The Bertz CT molecular complexity index is 573. The second-order valence-electron chi connectivity index (χ2n) is 7.55. The Morgan fingerprint density at radius 3 is 2.00 bits per heavy atom. The number of amides is 3. The topological polar surface area (TPSA) is 151 Å². The second kappa shape index (κ2) is 13.4. The maximum Gasteiger partial charge on any atom is 0.325 e. The van der Waals surface area contributed by atoms with Crippen molar-refractivity contribution in [3.8, 4) is 0 Å². The lowest BCUT2D eigenvalue weighted by Gasteiger charge is -2.28. The van der Waals surface area contributed by atoms with Crippen LogP contribution in [0.4, 0.5) is 0 Å². The van der Waals surface area contributed by atoms with Gasteiger partial charge in [0.15, 0.2) is 0 Å². The number of hydrogen-bond acceptors (Lipinski definition) is 6. The maximum atomic E-state index is 12.9. The summed E-state index contributed by atoms with van der Waals surface area (Å²) in [6.07, 6.45) is 2.86. The van der Waals surface area contributed by atoms with Crippen LogP contribution < -0.4 is 21.7 Å². The minimum absolute atomic E-state index is 0.0876. The predicted octanol–water partition coefficient (Wildman–Crippen LogP) is 0.328. The van der Waals surface area contributed by atoms with Gasteiger partial charge in [0.1, 0.15) is 18.1 Å². The number of thioether (sulfide) groups is 1. The SMILES string of the molecule is CCC(C)C(NC(=O)C(CCSC)NC(=O)C(N)C(C)C)C(=O)NC(C)C(=O)O. The van der Waals surface area contributed by atoms with E-state index < -0.39 is 47.9 Å². The van der Waals surface area contributed by atoms with Gasteiger partial charge in [0.2, 0.25) is 17.7 Å². The molecule has 10 heteroatoms. The number of nitrogens with two attached hydrogens (primary N) is 1. The zero-order valence-electron chi connectivity index (χ0n) is 18.2. The lowest BCUT2D eigenvalue weighted by atomic mass is 9.97. The van der Waals surface area contributed by atoms with Crippen LogP contribution in [0.5, 0.6) is 0 Å². The minimum Gasteiger partial charge on any atom is -0.480 e. The van der Waals surface area contributed by atoms with Gasteiger partial charge in [-0.3, -0.25) is 19.2 Å². The van der Waals surface area contributed by atoms with Crippen LogP contribution in [0.3, 0.4) is 0 Å². The zero-order chi connectivity index (χ0) is 22.7. The number of aliphatic carboxylic acids is 1. The molecule has 0 spiro atoms. The van der Waals surface area contributed by atoms with Crippen molar-refractivity contribution in [2.24, 2.45) is 17.6 Å². The molecule has 5 unspecified atom stereocenters. The lowest BCUT2D eigenvalue weighted by Crippen LogP contribution is -2.58. The summed E-state index contributed by atoms with van der Waals surface area (Å²) < 4.78 is 0. The smallest absolute Gasteiger partial charge is 0.325 e. The quantitative estimate of drug-likeness (QED) is 0.281. The zero-order valence-corrected chi connectivity index (χ0v) is 19.0. The van der Waals surface area contributed by atoms with Crippen molar-refractivity contribution in [1.82, 2.24) is 16.0 Å². The number of carboxylic acid groups (broad SMARTS) is 1.